The summed E-state index contributed by atoms with van der Waals surface area (Å²) < 4.78 is 0. The lowest BCUT2D eigenvalue weighted by molar-refractivity contribution is -0.121. The Kier molecular flexibility index (Phi) is 2.52. The molecule has 1 fully saturated rings. The number of carbonyl (C=O) groups excluding carboxylic acids is 1. The van der Waals surface area contributed by atoms with Gasteiger partial charge in [0, 0.05) is 25.4 Å². The summed E-state index contributed by atoms with van der Waals surface area (Å²) in [6, 6.07) is 9.15. The van der Waals surface area contributed by atoms with Crippen LogP contribution >= 0.6 is 0 Å². The van der Waals surface area contributed by atoms with Gasteiger partial charge in [0.1, 0.15) is 5.78 Å². The number of fused-ring (bicyclic) bond motifs is 1. The summed E-state index contributed by atoms with van der Waals surface area (Å²) in [4.78, 5) is 11.2. The fourth-order valence-corrected chi connectivity index (χ4v) is 3.04. The minimum absolute atomic E-state index is 0.447. The molecule has 0 spiro atoms. The lowest BCUT2D eigenvalue weighted by Gasteiger charge is -2.27. The van der Waals surface area contributed by atoms with Crippen LogP contribution in [0.3, 0.4) is 0 Å². The van der Waals surface area contributed by atoms with Crippen molar-refractivity contribution in [3.8, 4) is 0 Å². The largest absolute Gasteiger partial charge is 0.306 e. The van der Waals surface area contributed by atoms with Gasteiger partial charge in [-0.3, -0.25) is 4.79 Å². The molecule has 1 aromatic carbocycles. The maximum Gasteiger partial charge on any atom is 0.132 e. The molecular formula is C14H17NO. The van der Waals surface area contributed by atoms with E-state index in [9.17, 15) is 4.79 Å². The Morgan fingerprint density at radius 3 is 2.69 bits per heavy atom. The molecule has 1 N–H and O–H groups in total. The fraction of sp³-hybridized carbons (Fsp3) is 0.500. The molecule has 0 amide bonds. The molecule has 16 heavy (non-hydrogen) atoms. The fourth-order valence-electron chi connectivity index (χ4n) is 3.04. The molecule has 2 heteroatoms. The van der Waals surface area contributed by atoms with Gasteiger partial charge < -0.3 is 5.32 Å². The summed E-state index contributed by atoms with van der Waals surface area (Å²) in [7, 11) is 0. The Bertz CT molecular complexity index is 403. The molecule has 1 aliphatic carbocycles. The van der Waals surface area contributed by atoms with Crippen LogP contribution in [0, 0.1) is 5.92 Å². The van der Waals surface area contributed by atoms with E-state index < -0.39 is 0 Å². The number of benzene rings is 1. The Hall–Kier alpha value is -1.15. The third-order valence-corrected chi connectivity index (χ3v) is 3.96. The van der Waals surface area contributed by atoms with Crippen molar-refractivity contribution in [3.05, 3.63) is 35.4 Å². The normalized spacial score (nSPS) is 25.8. The first-order valence-electron chi connectivity index (χ1n) is 6.17. The summed E-state index contributed by atoms with van der Waals surface area (Å²) in [5.74, 6) is 1.10. The van der Waals surface area contributed by atoms with Crippen LogP contribution in [0.15, 0.2) is 24.3 Å². The summed E-state index contributed by atoms with van der Waals surface area (Å²) >= 11 is 0. The van der Waals surface area contributed by atoms with E-state index in [1.165, 1.54) is 11.1 Å². The predicted molar refractivity (Wildman–Crippen MR) is 63.0 cm³/mol. The number of nitrogens with one attached hydrogen (secondary N) is 1. The Morgan fingerprint density at radius 1 is 1.12 bits per heavy atom. The summed E-state index contributed by atoms with van der Waals surface area (Å²) in [6.45, 7) is 0.991. The molecular weight excluding hydrogens is 198 g/mol. The topological polar surface area (TPSA) is 29.1 Å². The minimum Gasteiger partial charge on any atom is -0.306 e. The van der Waals surface area contributed by atoms with Crippen LogP contribution < -0.4 is 5.32 Å². The van der Waals surface area contributed by atoms with E-state index in [-0.39, 0.29) is 0 Å². The van der Waals surface area contributed by atoms with Gasteiger partial charge in [0.15, 0.2) is 0 Å². The van der Waals surface area contributed by atoms with Gasteiger partial charge in [-0.2, -0.15) is 0 Å². The zero-order valence-electron chi connectivity index (χ0n) is 9.41. The van der Waals surface area contributed by atoms with Crippen molar-refractivity contribution < 1.29 is 4.79 Å². The van der Waals surface area contributed by atoms with Crippen LogP contribution in [0.1, 0.15) is 42.9 Å². The lowest BCUT2D eigenvalue weighted by Crippen LogP contribution is -2.26. The van der Waals surface area contributed by atoms with Crippen molar-refractivity contribution in [2.75, 3.05) is 0 Å². The molecule has 1 aliphatic heterocycles. The highest BCUT2D eigenvalue weighted by molar-refractivity contribution is 5.79. The van der Waals surface area contributed by atoms with E-state index in [0.29, 0.717) is 17.7 Å². The third kappa shape index (κ3) is 1.67. The first-order chi connectivity index (χ1) is 7.84. The smallest absolute Gasteiger partial charge is 0.132 e. The zero-order valence-corrected chi connectivity index (χ0v) is 9.41. The molecule has 0 aromatic heterocycles. The maximum atomic E-state index is 11.2. The van der Waals surface area contributed by atoms with Gasteiger partial charge in [-0.1, -0.05) is 24.3 Å². The first-order valence-corrected chi connectivity index (χ1v) is 6.17. The van der Waals surface area contributed by atoms with Gasteiger partial charge in [0.05, 0.1) is 0 Å². The molecule has 1 atom stereocenters. The highest BCUT2D eigenvalue weighted by Crippen LogP contribution is 2.37. The van der Waals surface area contributed by atoms with Gasteiger partial charge >= 0.3 is 0 Å². The van der Waals surface area contributed by atoms with Crippen LogP contribution in [-0.2, 0) is 11.3 Å². The zero-order chi connectivity index (χ0) is 11.0. The monoisotopic (exact) mass is 215 g/mol. The minimum atomic E-state index is 0.447. The molecule has 0 bridgehead atoms. The highest BCUT2D eigenvalue weighted by Gasteiger charge is 2.31. The van der Waals surface area contributed by atoms with E-state index in [1.54, 1.807) is 0 Å². The number of rotatable bonds is 1. The quantitative estimate of drug-likeness (QED) is 0.780. The van der Waals surface area contributed by atoms with Crippen molar-refractivity contribution in [1.82, 2.24) is 5.32 Å². The molecule has 1 aromatic rings. The number of hydrogen-bond acceptors (Lipinski definition) is 2. The highest BCUT2D eigenvalue weighted by atomic mass is 16.1. The van der Waals surface area contributed by atoms with Gasteiger partial charge in [-0.25, -0.2) is 0 Å². The number of ketones is 1. The molecule has 1 heterocycles. The first kappa shape index (κ1) is 10.0. The number of Topliss-reactive ketones (excluding diaryl/α,β-unsaturated/α-hetero) is 1. The van der Waals surface area contributed by atoms with Crippen molar-refractivity contribution in [2.45, 2.75) is 38.3 Å². The summed E-state index contributed by atoms with van der Waals surface area (Å²) in [5, 5.41) is 3.60. The van der Waals surface area contributed by atoms with Crippen LogP contribution in [0.25, 0.3) is 0 Å². The van der Waals surface area contributed by atoms with Crippen molar-refractivity contribution in [3.63, 3.8) is 0 Å². The molecule has 1 saturated carbocycles. The van der Waals surface area contributed by atoms with Crippen LogP contribution in [0.2, 0.25) is 0 Å². The lowest BCUT2D eigenvalue weighted by atomic mass is 9.81. The maximum absolute atomic E-state index is 11.2. The second kappa shape index (κ2) is 4.02. The molecule has 2 nitrogen and oxygen atoms in total. The summed E-state index contributed by atoms with van der Waals surface area (Å²) in [5.41, 5.74) is 2.89. The Morgan fingerprint density at radius 2 is 1.88 bits per heavy atom. The third-order valence-electron chi connectivity index (χ3n) is 3.96. The standard InChI is InChI=1S/C14H17NO/c16-12-7-5-10(6-8-12)14-13-4-2-1-3-11(13)9-15-14/h1-4,10,14-15H,5-9H2. The molecule has 1 unspecified atom stereocenters. The second-order valence-electron chi connectivity index (χ2n) is 4.93. The van der Waals surface area contributed by atoms with E-state index in [4.69, 9.17) is 0 Å². The van der Waals surface area contributed by atoms with Crippen molar-refractivity contribution in [1.29, 1.82) is 0 Å². The second-order valence-corrected chi connectivity index (χ2v) is 4.93. The van der Waals surface area contributed by atoms with E-state index in [2.05, 4.69) is 29.6 Å². The SMILES string of the molecule is O=C1CCC(C2NCc3ccccc32)CC1. The molecule has 0 saturated heterocycles. The van der Waals surface area contributed by atoms with Crippen molar-refractivity contribution >= 4 is 5.78 Å². The summed E-state index contributed by atoms with van der Waals surface area (Å²) in [6.07, 6.45) is 3.69. The van der Waals surface area contributed by atoms with Gasteiger partial charge in [0.2, 0.25) is 0 Å². The van der Waals surface area contributed by atoms with Gasteiger partial charge in [-0.05, 0) is 29.9 Å². The van der Waals surface area contributed by atoms with Crippen LogP contribution in [-0.4, -0.2) is 5.78 Å². The van der Waals surface area contributed by atoms with E-state index in [1.807, 2.05) is 0 Å². The molecule has 2 aliphatic rings. The number of carbonyl (C=O) groups is 1. The average Bonchev–Trinajstić information content (AvgIpc) is 2.74. The van der Waals surface area contributed by atoms with E-state index in [0.717, 1.165) is 32.2 Å². The molecule has 0 radical (unpaired) electrons. The van der Waals surface area contributed by atoms with Gasteiger partial charge in [0.25, 0.3) is 0 Å². The van der Waals surface area contributed by atoms with E-state index >= 15 is 0 Å². The average molecular weight is 215 g/mol. The predicted octanol–water partition coefficient (Wildman–Crippen LogP) is 2.59. The molecule has 84 valence electrons. The van der Waals surface area contributed by atoms with Gasteiger partial charge in [-0.15, -0.1) is 0 Å². The van der Waals surface area contributed by atoms with Crippen LogP contribution in [0.5, 0.6) is 0 Å². The number of hydrogen-bond donors (Lipinski definition) is 1. The Labute approximate surface area is 96.1 Å². The van der Waals surface area contributed by atoms with Crippen LogP contribution in [0.4, 0.5) is 0 Å². The van der Waals surface area contributed by atoms with Crippen molar-refractivity contribution in [2.24, 2.45) is 5.92 Å². The molecule has 3 rings (SSSR count). The Balaban J connectivity index is 1.80.